The Bertz CT molecular complexity index is 369. The van der Waals surface area contributed by atoms with Gasteiger partial charge in [0.15, 0.2) is 0 Å². The minimum atomic E-state index is 0.516. The average molecular weight is 251 g/mol. The fraction of sp³-hybridized carbons (Fsp3) is 0.786. The van der Waals surface area contributed by atoms with Crippen LogP contribution in [0.2, 0.25) is 0 Å². The lowest BCUT2D eigenvalue weighted by Crippen LogP contribution is -2.39. The van der Waals surface area contributed by atoms with Crippen LogP contribution in [0.1, 0.15) is 31.2 Å². The predicted octanol–water partition coefficient (Wildman–Crippen LogP) is 1.68. The first kappa shape index (κ1) is 13.6. The van der Waals surface area contributed by atoms with E-state index in [4.69, 9.17) is 4.74 Å². The van der Waals surface area contributed by atoms with Crippen molar-refractivity contribution in [1.29, 1.82) is 0 Å². The van der Waals surface area contributed by atoms with Gasteiger partial charge in [-0.3, -0.25) is 4.68 Å². The summed E-state index contributed by atoms with van der Waals surface area (Å²) in [7, 11) is 2.03. The summed E-state index contributed by atoms with van der Waals surface area (Å²) in [4.78, 5) is 0. The topological polar surface area (TPSA) is 39.1 Å². The van der Waals surface area contributed by atoms with Gasteiger partial charge in [0.2, 0.25) is 0 Å². The fourth-order valence-corrected chi connectivity index (χ4v) is 2.69. The standard InChI is InChI=1S/C14H25N3O/c1-4-6-15-14(12-5-7-18-10-12)9-13-8-11(2)16-17(13)3/h8,12,14-15H,4-7,9-10H2,1-3H3. The summed E-state index contributed by atoms with van der Waals surface area (Å²) >= 11 is 0. The van der Waals surface area contributed by atoms with Crippen molar-refractivity contribution in [2.75, 3.05) is 19.8 Å². The highest BCUT2D eigenvalue weighted by Gasteiger charge is 2.26. The molecule has 1 fully saturated rings. The van der Waals surface area contributed by atoms with E-state index in [1.807, 2.05) is 11.7 Å². The molecule has 1 aliphatic heterocycles. The Hall–Kier alpha value is -0.870. The Morgan fingerprint density at radius 2 is 2.44 bits per heavy atom. The van der Waals surface area contributed by atoms with Crippen molar-refractivity contribution in [3.8, 4) is 0 Å². The van der Waals surface area contributed by atoms with Crippen LogP contribution < -0.4 is 5.32 Å². The van der Waals surface area contributed by atoms with E-state index < -0.39 is 0 Å². The Labute approximate surface area is 110 Å². The summed E-state index contributed by atoms with van der Waals surface area (Å²) in [5.41, 5.74) is 2.41. The molecular weight excluding hydrogens is 226 g/mol. The molecule has 0 saturated carbocycles. The third kappa shape index (κ3) is 3.33. The molecule has 0 aromatic carbocycles. The third-order valence-corrected chi connectivity index (χ3v) is 3.72. The van der Waals surface area contributed by atoms with Gasteiger partial charge in [-0.15, -0.1) is 0 Å². The molecule has 0 spiro atoms. The first-order chi connectivity index (χ1) is 8.70. The third-order valence-electron chi connectivity index (χ3n) is 3.72. The monoisotopic (exact) mass is 251 g/mol. The molecule has 4 heteroatoms. The molecule has 0 radical (unpaired) electrons. The van der Waals surface area contributed by atoms with Crippen molar-refractivity contribution >= 4 is 0 Å². The quantitative estimate of drug-likeness (QED) is 0.836. The van der Waals surface area contributed by atoms with Gasteiger partial charge < -0.3 is 10.1 Å². The normalized spacial score (nSPS) is 21.4. The van der Waals surface area contributed by atoms with Crippen LogP contribution in [0.5, 0.6) is 0 Å². The van der Waals surface area contributed by atoms with Gasteiger partial charge in [0.1, 0.15) is 0 Å². The van der Waals surface area contributed by atoms with E-state index >= 15 is 0 Å². The van der Waals surface area contributed by atoms with Gasteiger partial charge in [-0.05, 0) is 32.4 Å². The second-order valence-electron chi connectivity index (χ2n) is 5.29. The molecule has 0 bridgehead atoms. The average Bonchev–Trinajstić information content (AvgIpc) is 2.95. The maximum absolute atomic E-state index is 5.53. The van der Waals surface area contributed by atoms with Gasteiger partial charge in [0, 0.05) is 37.7 Å². The zero-order valence-corrected chi connectivity index (χ0v) is 11.8. The van der Waals surface area contributed by atoms with Crippen molar-refractivity contribution in [3.05, 3.63) is 17.5 Å². The van der Waals surface area contributed by atoms with Crippen LogP contribution in [0, 0.1) is 12.8 Å². The number of rotatable bonds is 6. The largest absolute Gasteiger partial charge is 0.381 e. The van der Waals surface area contributed by atoms with E-state index in [1.165, 1.54) is 18.5 Å². The van der Waals surface area contributed by atoms with Gasteiger partial charge in [-0.25, -0.2) is 0 Å². The summed E-state index contributed by atoms with van der Waals surface area (Å²) in [6.45, 7) is 7.16. The van der Waals surface area contributed by atoms with Crippen molar-refractivity contribution < 1.29 is 4.74 Å². The number of ether oxygens (including phenoxy) is 1. The smallest absolute Gasteiger partial charge is 0.0596 e. The number of nitrogens with one attached hydrogen (secondary N) is 1. The van der Waals surface area contributed by atoms with E-state index in [2.05, 4.69) is 30.3 Å². The minimum absolute atomic E-state index is 0.516. The highest BCUT2D eigenvalue weighted by Crippen LogP contribution is 2.20. The molecule has 18 heavy (non-hydrogen) atoms. The van der Waals surface area contributed by atoms with Gasteiger partial charge in [-0.2, -0.15) is 5.10 Å². The molecule has 2 heterocycles. The summed E-state index contributed by atoms with van der Waals surface area (Å²) < 4.78 is 7.53. The Morgan fingerprint density at radius 3 is 3.00 bits per heavy atom. The number of nitrogens with zero attached hydrogens (tertiary/aromatic N) is 2. The molecule has 1 N–H and O–H groups in total. The molecule has 2 unspecified atom stereocenters. The Kier molecular flexibility index (Phi) is 4.78. The Morgan fingerprint density at radius 1 is 1.61 bits per heavy atom. The van der Waals surface area contributed by atoms with Gasteiger partial charge >= 0.3 is 0 Å². The zero-order valence-electron chi connectivity index (χ0n) is 11.8. The minimum Gasteiger partial charge on any atom is -0.381 e. The summed E-state index contributed by atoms with van der Waals surface area (Å²) in [6, 6.07) is 2.71. The van der Waals surface area contributed by atoms with E-state index in [0.29, 0.717) is 12.0 Å². The van der Waals surface area contributed by atoms with Crippen LogP contribution in [-0.2, 0) is 18.2 Å². The lowest BCUT2D eigenvalue weighted by molar-refractivity contribution is 0.176. The fourth-order valence-electron chi connectivity index (χ4n) is 2.69. The number of aryl methyl sites for hydroxylation is 2. The first-order valence-corrected chi connectivity index (χ1v) is 7.01. The molecule has 4 nitrogen and oxygen atoms in total. The van der Waals surface area contributed by atoms with Crippen molar-refractivity contribution in [3.63, 3.8) is 0 Å². The van der Waals surface area contributed by atoms with E-state index in [1.54, 1.807) is 0 Å². The highest BCUT2D eigenvalue weighted by atomic mass is 16.5. The predicted molar refractivity (Wildman–Crippen MR) is 72.7 cm³/mol. The molecule has 1 aliphatic rings. The van der Waals surface area contributed by atoms with Crippen LogP contribution in [0.25, 0.3) is 0 Å². The van der Waals surface area contributed by atoms with Crippen molar-refractivity contribution in [2.45, 2.75) is 39.2 Å². The van der Waals surface area contributed by atoms with E-state index in [9.17, 15) is 0 Å². The van der Waals surface area contributed by atoms with Crippen LogP contribution in [0.15, 0.2) is 6.07 Å². The zero-order chi connectivity index (χ0) is 13.0. The van der Waals surface area contributed by atoms with Gasteiger partial charge in [-0.1, -0.05) is 6.92 Å². The van der Waals surface area contributed by atoms with Crippen LogP contribution in [0.4, 0.5) is 0 Å². The van der Waals surface area contributed by atoms with Gasteiger partial charge in [0.05, 0.1) is 12.3 Å². The van der Waals surface area contributed by atoms with Crippen LogP contribution >= 0.6 is 0 Å². The second kappa shape index (κ2) is 6.34. The van der Waals surface area contributed by atoms with Crippen molar-refractivity contribution in [1.82, 2.24) is 15.1 Å². The van der Waals surface area contributed by atoms with E-state index in [0.717, 1.165) is 31.9 Å². The van der Waals surface area contributed by atoms with Crippen LogP contribution in [-0.4, -0.2) is 35.6 Å². The van der Waals surface area contributed by atoms with Crippen molar-refractivity contribution in [2.24, 2.45) is 13.0 Å². The van der Waals surface area contributed by atoms with E-state index in [-0.39, 0.29) is 0 Å². The molecule has 0 aliphatic carbocycles. The maximum Gasteiger partial charge on any atom is 0.0596 e. The van der Waals surface area contributed by atoms with Gasteiger partial charge in [0.25, 0.3) is 0 Å². The molecule has 2 atom stereocenters. The lowest BCUT2D eigenvalue weighted by atomic mass is 9.94. The molecule has 1 aromatic heterocycles. The molecule has 0 amide bonds. The lowest BCUT2D eigenvalue weighted by Gasteiger charge is -2.23. The molecular formula is C14H25N3O. The summed E-state index contributed by atoms with van der Waals surface area (Å²) in [6.07, 6.45) is 3.40. The second-order valence-corrected chi connectivity index (χ2v) is 5.29. The number of aromatic nitrogens is 2. The van der Waals surface area contributed by atoms with Crippen LogP contribution in [0.3, 0.4) is 0 Å². The molecule has 1 saturated heterocycles. The molecule has 102 valence electrons. The first-order valence-electron chi connectivity index (χ1n) is 7.01. The SMILES string of the molecule is CCCNC(Cc1cc(C)nn1C)C1CCOC1. The number of hydrogen-bond donors (Lipinski definition) is 1. The molecule has 1 aromatic rings. The highest BCUT2D eigenvalue weighted by molar-refractivity contribution is 5.10. The summed E-state index contributed by atoms with van der Waals surface area (Å²) in [5, 5.41) is 8.10. The maximum atomic E-state index is 5.53. The Balaban J connectivity index is 2.01. The number of hydrogen-bond acceptors (Lipinski definition) is 3. The molecule has 2 rings (SSSR count). The summed E-state index contributed by atoms with van der Waals surface area (Å²) in [5.74, 6) is 0.645.